The summed E-state index contributed by atoms with van der Waals surface area (Å²) in [6.07, 6.45) is -7.76. The minimum Gasteiger partial charge on any atom is -0.743 e. The highest BCUT2D eigenvalue weighted by Gasteiger charge is 2.49. The van der Waals surface area contributed by atoms with Gasteiger partial charge < -0.3 is 42.1 Å². The Morgan fingerprint density at radius 1 is 0.324 bits per heavy atom. The molecule has 0 aliphatic heterocycles. The Labute approximate surface area is 595 Å². The molecule has 0 aromatic heterocycles. The summed E-state index contributed by atoms with van der Waals surface area (Å²) in [5.74, 6) is -2.07. The fraction of sp³-hybridized carbons (Fsp3) is 0.208. The van der Waals surface area contributed by atoms with Gasteiger partial charge in [-0.2, -0.15) is 26.3 Å². The summed E-state index contributed by atoms with van der Waals surface area (Å²) in [7, 11) is -18.9. The maximum absolute atomic E-state index is 13.4. The zero-order chi connectivity index (χ0) is 74.3. The summed E-state index contributed by atoms with van der Waals surface area (Å²) in [6, 6.07) is 82.1. The van der Waals surface area contributed by atoms with E-state index in [2.05, 4.69) is 62.7 Å². The number of rotatable bonds is 30. The Morgan fingerprint density at radius 2 is 0.539 bits per heavy atom. The second-order valence-corrected chi connectivity index (χ2v) is 31.9. The molecular formula is C72H66F6O18S6. The third kappa shape index (κ3) is 22.8. The monoisotopic (exact) mass is 1520 g/mol. The molecule has 30 heteroatoms. The van der Waals surface area contributed by atoms with Crippen molar-refractivity contribution >= 4 is 80.9 Å². The lowest BCUT2D eigenvalue weighted by atomic mass is 10.3. The molecule has 0 fully saturated rings. The minimum atomic E-state index is -5.97. The van der Waals surface area contributed by atoms with E-state index in [9.17, 15) is 79.6 Å². The van der Waals surface area contributed by atoms with Crippen LogP contribution < -0.4 is 14.2 Å². The highest BCUT2D eigenvalue weighted by atomic mass is 32.2. The van der Waals surface area contributed by atoms with E-state index < -0.39 is 95.4 Å². The van der Waals surface area contributed by atoms with E-state index >= 15 is 0 Å². The molecule has 0 spiro atoms. The number of benzene rings is 9. The second-order valence-electron chi connectivity index (χ2n) is 21.5. The zero-order valence-electron chi connectivity index (χ0n) is 54.3. The molecule has 0 bridgehead atoms. The topological polar surface area (TPSA) is 278 Å². The molecule has 0 saturated heterocycles. The average Bonchev–Trinajstić information content (AvgIpc) is 0.853. The van der Waals surface area contributed by atoms with E-state index in [0.717, 1.165) is 34.3 Å². The van der Waals surface area contributed by atoms with Crippen molar-refractivity contribution in [3.63, 3.8) is 0 Å². The van der Waals surface area contributed by atoms with Crippen LogP contribution in [0.3, 0.4) is 0 Å². The second kappa shape index (κ2) is 36.8. The predicted octanol–water partition coefficient (Wildman–Crippen LogP) is 13.9. The van der Waals surface area contributed by atoms with Gasteiger partial charge in [0.1, 0.15) is 17.2 Å². The molecule has 18 nitrogen and oxygen atoms in total. The third-order valence-electron chi connectivity index (χ3n) is 14.1. The summed E-state index contributed by atoms with van der Waals surface area (Å²) in [4.78, 5) is 45.3. The molecule has 9 rings (SSSR count). The van der Waals surface area contributed by atoms with Crippen LogP contribution in [0, 0.1) is 0 Å². The number of hydrogen-bond acceptors (Lipinski definition) is 18. The molecule has 3 atom stereocenters. The molecule has 0 saturated carbocycles. The van der Waals surface area contributed by atoms with Gasteiger partial charge in [-0.15, -0.1) is 0 Å². The van der Waals surface area contributed by atoms with Crippen molar-refractivity contribution in [2.75, 3.05) is 19.8 Å². The van der Waals surface area contributed by atoms with Gasteiger partial charge in [-0.3, -0.25) is 9.59 Å². The van der Waals surface area contributed by atoms with Gasteiger partial charge in [-0.25, -0.2) is 30.0 Å². The summed E-state index contributed by atoms with van der Waals surface area (Å²) in [6.45, 7) is 1.12. The number of alkyl halides is 6. The SMILES string of the molecule is CC(OC(=O)CCCOc1ccc([S+](c2ccccc2)c2ccccc2)cc1)C(F)(F)S(=O)(=O)[O-].CC(OC(=O)CCOc1ccc([S+](c2ccccc2)c2ccccc2)cc1)C(F)(F)S(=O)(=O)[O-].CC(OC(=O)COc1ccc([S+](c2ccccc2)c2ccccc2)cc1)C(F)(F)S(=O)(=O)[O-]. The predicted molar refractivity (Wildman–Crippen MR) is 365 cm³/mol. The fourth-order valence-electron chi connectivity index (χ4n) is 8.94. The molecule has 0 aliphatic carbocycles. The Balaban J connectivity index is 0.000000215. The minimum absolute atomic E-state index is 0.113. The van der Waals surface area contributed by atoms with Crippen LogP contribution in [0.15, 0.2) is 299 Å². The molecule has 540 valence electrons. The molecule has 0 amide bonds. The lowest BCUT2D eigenvalue weighted by Crippen LogP contribution is -2.42. The van der Waals surface area contributed by atoms with Crippen molar-refractivity contribution in [3.8, 4) is 17.2 Å². The number of ether oxygens (including phenoxy) is 6. The molecule has 0 aliphatic rings. The highest BCUT2D eigenvalue weighted by molar-refractivity contribution is 7.97. The third-order valence-corrected chi connectivity index (χ3v) is 23.8. The molecular weight excluding hydrogens is 1460 g/mol. The van der Waals surface area contributed by atoms with E-state index in [-0.39, 0.29) is 64.5 Å². The molecule has 0 heterocycles. The van der Waals surface area contributed by atoms with E-state index in [1.807, 2.05) is 182 Å². The Hall–Kier alpha value is -8.85. The fourth-order valence-corrected chi connectivity index (χ4v) is 16.6. The first-order chi connectivity index (χ1) is 48.3. The lowest BCUT2D eigenvalue weighted by molar-refractivity contribution is -0.162. The molecule has 3 unspecified atom stereocenters. The van der Waals surface area contributed by atoms with Crippen molar-refractivity contribution in [3.05, 3.63) is 255 Å². The summed E-state index contributed by atoms with van der Waals surface area (Å²) < 4.78 is 206. The van der Waals surface area contributed by atoms with Crippen LogP contribution in [0.5, 0.6) is 17.2 Å². The van der Waals surface area contributed by atoms with Gasteiger partial charge in [0.2, 0.25) is 0 Å². The number of carbonyl (C=O) groups excluding carboxylic acids is 3. The molecule has 9 aromatic rings. The Morgan fingerprint density at radius 3 is 0.794 bits per heavy atom. The quantitative estimate of drug-likeness (QED) is 0.0101. The molecule has 0 radical (unpaired) electrons. The van der Waals surface area contributed by atoms with Crippen molar-refractivity contribution in [2.24, 2.45) is 0 Å². The normalized spacial score (nSPS) is 12.9. The smallest absolute Gasteiger partial charge is 0.370 e. The highest BCUT2D eigenvalue weighted by Crippen LogP contribution is 2.36. The Kier molecular flexibility index (Phi) is 29.1. The maximum atomic E-state index is 13.4. The first-order valence-electron chi connectivity index (χ1n) is 30.6. The van der Waals surface area contributed by atoms with Crippen LogP contribution in [-0.2, 0) is 91.6 Å². The van der Waals surface area contributed by atoms with E-state index in [0.29, 0.717) is 32.3 Å². The summed E-state index contributed by atoms with van der Waals surface area (Å²) >= 11 is 0. The molecule has 9 aromatic carbocycles. The van der Waals surface area contributed by atoms with Crippen LogP contribution in [-0.4, -0.2) is 111 Å². The lowest BCUT2D eigenvalue weighted by Gasteiger charge is -2.25. The van der Waals surface area contributed by atoms with Gasteiger partial charge in [0.25, 0.3) is 0 Å². The van der Waals surface area contributed by atoms with E-state index in [1.165, 1.54) is 9.79 Å². The Bertz CT molecular complexity index is 4360. The van der Waals surface area contributed by atoms with Gasteiger partial charge in [-0.05, 0) is 173 Å². The molecule has 0 N–H and O–H groups in total. The standard InChI is InChI=1S/C25H24F2O6S2.C24H22F2O6S2.C23H20F2O6S2/c1-19(25(26,27)35(29,30)31)33-24(28)13-8-18-32-20-14-16-23(17-15-20)34(21-9-4-2-5-10-21)22-11-6-3-7-12-22;1-18(24(25,26)34(28,29)30)32-23(27)16-17-31-19-12-14-22(15-13-19)33(20-8-4-2-5-9-20)21-10-6-3-7-11-21;1-17(23(24,25)33(27,28)29)31-22(26)16-30-18-12-14-21(15-13-18)32(19-8-4-2-5-9-19)20-10-6-3-7-11-20/h2-7,9-12,14-17,19H,8,13,18H2,1H3;2-15,18H,16-17H2,1H3;2-15,17H,16H2,1H3. The van der Waals surface area contributed by atoms with Crippen molar-refractivity contribution in [2.45, 2.75) is 118 Å². The van der Waals surface area contributed by atoms with E-state index in [4.69, 9.17) is 14.2 Å². The van der Waals surface area contributed by atoms with Gasteiger partial charge in [0.15, 0.2) is 99.3 Å². The first kappa shape index (κ1) is 80.5. The number of halogens is 6. The van der Waals surface area contributed by atoms with Crippen LogP contribution in [0.4, 0.5) is 26.3 Å². The van der Waals surface area contributed by atoms with Gasteiger partial charge in [0, 0.05) is 6.42 Å². The van der Waals surface area contributed by atoms with Gasteiger partial charge in [-0.1, -0.05) is 109 Å². The van der Waals surface area contributed by atoms with Gasteiger partial charge in [0.05, 0.1) is 52.3 Å². The first-order valence-corrected chi connectivity index (χ1v) is 38.5. The van der Waals surface area contributed by atoms with Crippen molar-refractivity contribution in [1.82, 2.24) is 0 Å². The van der Waals surface area contributed by atoms with Crippen molar-refractivity contribution < 1.29 is 108 Å². The largest absolute Gasteiger partial charge is 0.743 e. The van der Waals surface area contributed by atoms with Gasteiger partial charge >= 0.3 is 33.7 Å². The van der Waals surface area contributed by atoms with Crippen molar-refractivity contribution in [1.29, 1.82) is 0 Å². The number of carbonyl (C=O) groups is 3. The average molecular weight is 1530 g/mol. The number of hydrogen-bond donors (Lipinski definition) is 0. The molecule has 102 heavy (non-hydrogen) atoms. The van der Waals surface area contributed by atoms with Crippen LogP contribution in [0.1, 0.15) is 40.0 Å². The van der Waals surface area contributed by atoms with Crippen LogP contribution in [0.2, 0.25) is 0 Å². The van der Waals surface area contributed by atoms with Crippen LogP contribution in [0.25, 0.3) is 0 Å². The van der Waals surface area contributed by atoms with Crippen LogP contribution >= 0.6 is 0 Å². The van der Waals surface area contributed by atoms with E-state index in [1.54, 1.807) is 24.3 Å². The summed E-state index contributed by atoms with van der Waals surface area (Å²) in [5.41, 5.74) is 0. The zero-order valence-corrected chi connectivity index (χ0v) is 59.2. The maximum Gasteiger partial charge on any atom is 0.370 e. The number of esters is 3. The summed E-state index contributed by atoms with van der Waals surface area (Å²) in [5, 5.41) is -14.2.